The lowest BCUT2D eigenvalue weighted by Crippen LogP contribution is -2.61. The molecule has 2 aromatic carbocycles. The smallest absolute Gasteiger partial charge is 0.246 e. The molecule has 1 fully saturated rings. The number of hydrogen-bond acceptors (Lipinski definition) is 3. The Kier molecular flexibility index (Phi) is 5.57. The standard InChI is InChI=1S/C24H27N3O3/c1-17-10-11-20-19(13-17)9-6-12-26(20)23(29)16-27-21(14-18-7-4-3-5-8-18)24(30)25(2)15-22(27)28/h3-5,7-8,10-11,13,21H,6,9,12,14-16H2,1-2H3/t21-/m0/s1. The summed E-state index contributed by atoms with van der Waals surface area (Å²) >= 11 is 0. The molecule has 4 rings (SSSR count). The normalized spacial score (nSPS) is 19.1. The van der Waals surface area contributed by atoms with Crippen LogP contribution < -0.4 is 4.90 Å². The van der Waals surface area contributed by atoms with E-state index >= 15 is 0 Å². The van der Waals surface area contributed by atoms with Gasteiger partial charge in [0.05, 0.1) is 6.54 Å². The Hall–Kier alpha value is -3.15. The van der Waals surface area contributed by atoms with Crippen molar-refractivity contribution in [3.63, 3.8) is 0 Å². The topological polar surface area (TPSA) is 60.9 Å². The monoisotopic (exact) mass is 405 g/mol. The van der Waals surface area contributed by atoms with E-state index in [1.807, 2.05) is 49.4 Å². The van der Waals surface area contributed by atoms with Crippen LogP contribution in [-0.4, -0.2) is 60.2 Å². The molecule has 0 unspecified atom stereocenters. The molecule has 2 aromatic rings. The summed E-state index contributed by atoms with van der Waals surface area (Å²) in [6.45, 7) is 2.61. The molecule has 6 nitrogen and oxygen atoms in total. The average molecular weight is 405 g/mol. The third-order valence-corrected chi connectivity index (χ3v) is 5.96. The van der Waals surface area contributed by atoms with Crippen molar-refractivity contribution in [3.8, 4) is 0 Å². The van der Waals surface area contributed by atoms with Crippen LogP contribution in [0.15, 0.2) is 48.5 Å². The molecule has 0 N–H and O–H groups in total. The number of nitrogens with zero attached hydrogens (tertiary/aromatic N) is 3. The summed E-state index contributed by atoms with van der Waals surface area (Å²) in [5.74, 6) is -0.447. The summed E-state index contributed by atoms with van der Waals surface area (Å²) in [6, 6.07) is 15.1. The van der Waals surface area contributed by atoms with Gasteiger partial charge in [-0.25, -0.2) is 0 Å². The molecule has 2 heterocycles. The third-order valence-electron chi connectivity index (χ3n) is 5.96. The Morgan fingerprint density at radius 2 is 1.87 bits per heavy atom. The summed E-state index contributed by atoms with van der Waals surface area (Å²) in [4.78, 5) is 43.7. The van der Waals surface area contributed by atoms with Gasteiger partial charge in [-0.2, -0.15) is 0 Å². The fourth-order valence-corrected chi connectivity index (χ4v) is 4.38. The van der Waals surface area contributed by atoms with E-state index in [9.17, 15) is 14.4 Å². The first-order valence-corrected chi connectivity index (χ1v) is 10.4. The van der Waals surface area contributed by atoms with Crippen molar-refractivity contribution in [1.29, 1.82) is 0 Å². The Labute approximate surface area is 177 Å². The molecule has 1 atom stereocenters. The molecule has 1 saturated heterocycles. The molecule has 0 aliphatic carbocycles. The van der Waals surface area contributed by atoms with Gasteiger partial charge in [0.1, 0.15) is 12.6 Å². The number of likely N-dealkylation sites (N-methyl/N-ethyl adjacent to an activating group) is 1. The number of hydrogen-bond donors (Lipinski definition) is 0. The Bertz CT molecular complexity index is 973. The van der Waals surface area contributed by atoms with Gasteiger partial charge in [0.25, 0.3) is 0 Å². The van der Waals surface area contributed by atoms with E-state index in [1.54, 1.807) is 11.9 Å². The number of fused-ring (bicyclic) bond motifs is 1. The maximum atomic E-state index is 13.3. The number of aryl methyl sites for hydroxylation is 2. The molecule has 0 spiro atoms. The van der Waals surface area contributed by atoms with Gasteiger partial charge in [-0.1, -0.05) is 48.0 Å². The molecule has 0 radical (unpaired) electrons. The zero-order valence-electron chi connectivity index (χ0n) is 17.5. The van der Waals surface area contributed by atoms with Crippen molar-refractivity contribution in [2.45, 2.75) is 32.2 Å². The second-order valence-corrected chi connectivity index (χ2v) is 8.20. The summed E-state index contributed by atoms with van der Waals surface area (Å²) in [6.07, 6.45) is 2.24. The van der Waals surface area contributed by atoms with E-state index in [0.29, 0.717) is 13.0 Å². The van der Waals surface area contributed by atoms with E-state index < -0.39 is 6.04 Å². The van der Waals surface area contributed by atoms with Crippen LogP contribution in [0.1, 0.15) is 23.1 Å². The van der Waals surface area contributed by atoms with Gasteiger partial charge in [0, 0.05) is 25.7 Å². The zero-order chi connectivity index (χ0) is 21.3. The number of benzene rings is 2. The van der Waals surface area contributed by atoms with E-state index in [4.69, 9.17) is 0 Å². The van der Waals surface area contributed by atoms with Gasteiger partial charge >= 0.3 is 0 Å². The van der Waals surface area contributed by atoms with Crippen LogP contribution in [0.5, 0.6) is 0 Å². The lowest BCUT2D eigenvalue weighted by molar-refractivity contribution is -0.155. The van der Waals surface area contributed by atoms with Crippen molar-refractivity contribution < 1.29 is 14.4 Å². The minimum atomic E-state index is -0.662. The second kappa shape index (κ2) is 8.30. The molecular formula is C24H27N3O3. The number of carbonyl (C=O) groups excluding carboxylic acids is 3. The number of rotatable bonds is 4. The zero-order valence-corrected chi connectivity index (χ0v) is 17.5. The number of carbonyl (C=O) groups is 3. The predicted octanol–water partition coefficient (Wildman–Crippen LogP) is 2.19. The number of piperazine rings is 1. The highest BCUT2D eigenvalue weighted by atomic mass is 16.2. The first-order valence-electron chi connectivity index (χ1n) is 10.4. The van der Waals surface area contributed by atoms with Crippen molar-refractivity contribution in [1.82, 2.24) is 9.80 Å². The maximum absolute atomic E-state index is 13.3. The lowest BCUT2D eigenvalue weighted by Gasteiger charge is -2.40. The van der Waals surface area contributed by atoms with Gasteiger partial charge in [-0.3, -0.25) is 14.4 Å². The fraction of sp³-hybridized carbons (Fsp3) is 0.375. The molecule has 156 valence electrons. The molecule has 0 aromatic heterocycles. The van der Waals surface area contributed by atoms with Crippen molar-refractivity contribution >= 4 is 23.4 Å². The molecule has 6 heteroatoms. The second-order valence-electron chi connectivity index (χ2n) is 8.20. The van der Waals surface area contributed by atoms with E-state index in [0.717, 1.165) is 29.7 Å². The molecular weight excluding hydrogens is 378 g/mol. The van der Waals surface area contributed by atoms with Crippen LogP contribution in [0.2, 0.25) is 0 Å². The van der Waals surface area contributed by atoms with Crippen molar-refractivity contribution in [2.75, 3.05) is 31.6 Å². The van der Waals surface area contributed by atoms with Crippen LogP contribution in [0, 0.1) is 6.92 Å². The summed E-state index contributed by atoms with van der Waals surface area (Å²) in [5, 5.41) is 0. The molecule has 3 amide bonds. The first kappa shape index (κ1) is 20.1. The number of amides is 3. The summed E-state index contributed by atoms with van der Waals surface area (Å²) in [7, 11) is 1.64. The van der Waals surface area contributed by atoms with Crippen LogP contribution >= 0.6 is 0 Å². The predicted molar refractivity (Wildman–Crippen MR) is 115 cm³/mol. The highest BCUT2D eigenvalue weighted by Crippen LogP contribution is 2.28. The van der Waals surface area contributed by atoms with E-state index in [2.05, 4.69) is 6.07 Å². The molecule has 0 bridgehead atoms. The van der Waals surface area contributed by atoms with Crippen LogP contribution in [0.3, 0.4) is 0 Å². The first-order chi connectivity index (χ1) is 14.4. The van der Waals surface area contributed by atoms with Crippen molar-refractivity contribution in [3.05, 3.63) is 65.2 Å². The van der Waals surface area contributed by atoms with Gasteiger partial charge in [-0.15, -0.1) is 0 Å². The van der Waals surface area contributed by atoms with E-state index in [1.165, 1.54) is 15.4 Å². The Balaban J connectivity index is 1.57. The van der Waals surface area contributed by atoms with Gasteiger partial charge in [0.15, 0.2) is 0 Å². The van der Waals surface area contributed by atoms with Crippen LogP contribution in [0.4, 0.5) is 5.69 Å². The fourth-order valence-electron chi connectivity index (χ4n) is 4.38. The highest BCUT2D eigenvalue weighted by Gasteiger charge is 2.39. The molecule has 30 heavy (non-hydrogen) atoms. The van der Waals surface area contributed by atoms with E-state index in [-0.39, 0.29) is 30.8 Å². The van der Waals surface area contributed by atoms with Gasteiger partial charge in [0.2, 0.25) is 17.7 Å². The molecule has 2 aliphatic heterocycles. The van der Waals surface area contributed by atoms with Crippen LogP contribution in [-0.2, 0) is 27.2 Å². The molecule has 2 aliphatic rings. The minimum absolute atomic E-state index is 0.00713. The third kappa shape index (κ3) is 3.95. The Morgan fingerprint density at radius 3 is 2.63 bits per heavy atom. The maximum Gasteiger partial charge on any atom is 0.246 e. The Morgan fingerprint density at radius 1 is 1.10 bits per heavy atom. The SMILES string of the molecule is Cc1ccc2c(c1)CCCN2C(=O)CN1C(=O)CN(C)C(=O)[C@@H]1Cc1ccccc1. The van der Waals surface area contributed by atoms with Gasteiger partial charge in [-0.05, 0) is 37.0 Å². The average Bonchev–Trinajstić information content (AvgIpc) is 2.74. The molecule has 0 saturated carbocycles. The minimum Gasteiger partial charge on any atom is -0.335 e. The number of anilines is 1. The van der Waals surface area contributed by atoms with Crippen molar-refractivity contribution in [2.24, 2.45) is 0 Å². The summed E-state index contributed by atoms with van der Waals surface area (Å²) < 4.78 is 0. The lowest BCUT2D eigenvalue weighted by atomic mass is 9.99. The van der Waals surface area contributed by atoms with Crippen LogP contribution in [0.25, 0.3) is 0 Å². The summed E-state index contributed by atoms with van der Waals surface area (Å²) in [5.41, 5.74) is 4.22. The van der Waals surface area contributed by atoms with Gasteiger partial charge < -0.3 is 14.7 Å². The highest BCUT2D eigenvalue weighted by molar-refractivity contribution is 6.01. The quantitative estimate of drug-likeness (QED) is 0.783. The largest absolute Gasteiger partial charge is 0.335 e.